The molecule has 1 heterocycles. The van der Waals surface area contributed by atoms with Gasteiger partial charge < -0.3 is 4.90 Å². The van der Waals surface area contributed by atoms with Crippen molar-refractivity contribution in [3.63, 3.8) is 0 Å². The molecule has 0 atom stereocenters. The number of para-hydroxylation sites is 1. The van der Waals surface area contributed by atoms with E-state index in [2.05, 4.69) is 11.6 Å². The molecule has 1 aliphatic rings. The van der Waals surface area contributed by atoms with Crippen LogP contribution in [-0.2, 0) is 10.0 Å². The lowest BCUT2D eigenvalue weighted by Gasteiger charge is -2.31. The van der Waals surface area contributed by atoms with Gasteiger partial charge in [-0.05, 0) is 30.8 Å². The summed E-state index contributed by atoms with van der Waals surface area (Å²) in [4.78, 5) is 2.14. The third kappa shape index (κ3) is 2.28. The van der Waals surface area contributed by atoms with Crippen LogP contribution in [0.4, 0.5) is 5.69 Å². The van der Waals surface area contributed by atoms with Gasteiger partial charge in [0.15, 0.2) is 5.11 Å². The van der Waals surface area contributed by atoms with Gasteiger partial charge in [0.1, 0.15) is 4.90 Å². The number of hydrogen-bond donors (Lipinski definition) is 1. The van der Waals surface area contributed by atoms with Crippen LogP contribution in [0.1, 0.15) is 19.8 Å². The van der Waals surface area contributed by atoms with Crippen molar-refractivity contribution >= 4 is 33.0 Å². The molecule has 1 N–H and O–H groups in total. The van der Waals surface area contributed by atoms with Gasteiger partial charge in [-0.3, -0.25) is 4.72 Å². The number of fused-ring (bicyclic) bond motifs is 1. The highest BCUT2D eigenvalue weighted by atomic mass is 32.2. The van der Waals surface area contributed by atoms with E-state index in [1.807, 2.05) is 11.0 Å². The number of sulfonamides is 1. The molecule has 1 aromatic rings. The number of unbranched alkanes of at least 4 members (excludes halogenated alkanes) is 1. The van der Waals surface area contributed by atoms with Gasteiger partial charge in [-0.2, -0.15) is 0 Å². The van der Waals surface area contributed by atoms with Gasteiger partial charge in [0.25, 0.3) is 10.0 Å². The van der Waals surface area contributed by atoms with Crippen LogP contribution in [-0.4, -0.2) is 20.1 Å². The Morgan fingerprint density at radius 1 is 1.35 bits per heavy atom. The highest BCUT2D eigenvalue weighted by Crippen LogP contribution is 2.29. The van der Waals surface area contributed by atoms with Gasteiger partial charge >= 0.3 is 0 Å². The lowest BCUT2D eigenvalue weighted by Crippen LogP contribution is -2.47. The topological polar surface area (TPSA) is 49.4 Å². The molecule has 6 heteroatoms. The molecule has 2 rings (SSSR count). The molecular weight excluding hydrogens is 256 g/mol. The van der Waals surface area contributed by atoms with Crippen molar-refractivity contribution in [3.05, 3.63) is 24.3 Å². The van der Waals surface area contributed by atoms with Gasteiger partial charge in [-0.25, -0.2) is 8.42 Å². The molecule has 0 amide bonds. The Morgan fingerprint density at radius 2 is 2.06 bits per heavy atom. The van der Waals surface area contributed by atoms with Gasteiger partial charge in [-0.1, -0.05) is 25.5 Å². The first-order valence-corrected chi connectivity index (χ1v) is 7.39. The van der Waals surface area contributed by atoms with E-state index in [4.69, 9.17) is 12.2 Å². The van der Waals surface area contributed by atoms with Crippen LogP contribution in [0.25, 0.3) is 0 Å². The largest absolute Gasteiger partial charge is 0.317 e. The summed E-state index contributed by atoms with van der Waals surface area (Å²) in [5.41, 5.74) is 0.671. The van der Waals surface area contributed by atoms with Crippen LogP contribution >= 0.6 is 12.2 Å². The minimum Gasteiger partial charge on any atom is -0.317 e. The number of thiocarbonyl (C=S) groups is 1. The molecule has 0 bridgehead atoms. The second-order valence-corrected chi connectivity index (χ2v) is 5.92. The fourth-order valence-corrected chi connectivity index (χ4v) is 3.46. The molecule has 4 nitrogen and oxygen atoms in total. The summed E-state index contributed by atoms with van der Waals surface area (Å²) in [5, 5.41) is 0.261. The fraction of sp³-hybridized carbons (Fsp3) is 0.364. The third-order valence-electron chi connectivity index (χ3n) is 2.65. The minimum atomic E-state index is -3.48. The van der Waals surface area contributed by atoms with E-state index in [0.29, 0.717) is 10.6 Å². The average Bonchev–Trinajstić information content (AvgIpc) is 2.28. The van der Waals surface area contributed by atoms with Crippen LogP contribution in [0.2, 0.25) is 0 Å². The van der Waals surface area contributed by atoms with Crippen LogP contribution < -0.4 is 9.62 Å². The SMILES string of the molecule is CCCCN1C(=S)NS(=O)(=O)c2ccccc21. The van der Waals surface area contributed by atoms with E-state index in [9.17, 15) is 8.42 Å². The van der Waals surface area contributed by atoms with Crippen LogP contribution in [0, 0.1) is 0 Å². The number of nitrogens with zero attached hydrogens (tertiary/aromatic N) is 1. The number of anilines is 1. The maximum atomic E-state index is 11.9. The van der Waals surface area contributed by atoms with Crippen LogP contribution in [0.5, 0.6) is 0 Å². The van der Waals surface area contributed by atoms with Gasteiger partial charge in [-0.15, -0.1) is 0 Å². The first-order valence-electron chi connectivity index (χ1n) is 5.49. The molecule has 1 aromatic carbocycles. The summed E-state index contributed by atoms with van der Waals surface area (Å²) < 4.78 is 26.2. The molecule has 92 valence electrons. The summed E-state index contributed by atoms with van der Waals surface area (Å²) in [6, 6.07) is 6.92. The Labute approximate surface area is 107 Å². The average molecular weight is 270 g/mol. The van der Waals surface area contributed by atoms with Crippen molar-refractivity contribution < 1.29 is 8.42 Å². The summed E-state index contributed by atoms with van der Waals surface area (Å²) in [7, 11) is -3.48. The van der Waals surface area contributed by atoms with Crippen LogP contribution in [0.15, 0.2) is 29.2 Å². The third-order valence-corrected chi connectivity index (χ3v) is 4.49. The first kappa shape index (κ1) is 12.3. The molecule has 17 heavy (non-hydrogen) atoms. The number of hydrogen-bond acceptors (Lipinski definition) is 3. The zero-order valence-electron chi connectivity index (χ0n) is 9.51. The Balaban J connectivity index is 2.47. The predicted molar refractivity (Wildman–Crippen MR) is 71.6 cm³/mol. The minimum absolute atomic E-state index is 0.261. The van der Waals surface area contributed by atoms with Crippen molar-refractivity contribution in [2.45, 2.75) is 24.7 Å². The maximum absolute atomic E-state index is 11.9. The highest BCUT2D eigenvalue weighted by Gasteiger charge is 2.30. The molecule has 0 unspecified atom stereocenters. The molecule has 0 spiro atoms. The molecular formula is C11H14N2O2S2. The monoisotopic (exact) mass is 270 g/mol. The standard InChI is InChI=1S/C11H14N2O2S2/c1-2-3-8-13-9-6-4-5-7-10(9)17(14,15)12-11(13)16/h4-7H,2-3,8H2,1H3,(H,12,16). The summed E-state index contributed by atoms with van der Waals surface area (Å²) >= 11 is 5.10. The van der Waals surface area contributed by atoms with E-state index >= 15 is 0 Å². The second kappa shape index (κ2) is 4.62. The number of benzene rings is 1. The van der Waals surface area contributed by atoms with E-state index in [0.717, 1.165) is 19.4 Å². The predicted octanol–water partition coefficient (Wildman–Crippen LogP) is 1.87. The van der Waals surface area contributed by atoms with Crippen molar-refractivity contribution in [2.24, 2.45) is 0 Å². The zero-order valence-corrected chi connectivity index (χ0v) is 11.1. The molecule has 0 radical (unpaired) electrons. The smallest absolute Gasteiger partial charge is 0.265 e. The molecule has 0 fully saturated rings. The molecule has 0 saturated heterocycles. The van der Waals surface area contributed by atoms with Gasteiger partial charge in [0.2, 0.25) is 0 Å². The van der Waals surface area contributed by atoms with Crippen molar-refractivity contribution in [1.29, 1.82) is 0 Å². The van der Waals surface area contributed by atoms with E-state index in [1.54, 1.807) is 18.2 Å². The van der Waals surface area contributed by atoms with Gasteiger partial charge in [0.05, 0.1) is 5.69 Å². The lowest BCUT2D eigenvalue weighted by atomic mass is 10.2. The Hall–Kier alpha value is -1.14. The Morgan fingerprint density at radius 3 is 2.76 bits per heavy atom. The summed E-state index contributed by atoms with van der Waals surface area (Å²) in [6.07, 6.45) is 2.00. The number of rotatable bonds is 3. The quantitative estimate of drug-likeness (QED) is 0.852. The van der Waals surface area contributed by atoms with E-state index in [1.165, 1.54) is 0 Å². The highest BCUT2D eigenvalue weighted by molar-refractivity contribution is 7.92. The second-order valence-electron chi connectivity index (χ2n) is 3.88. The van der Waals surface area contributed by atoms with Crippen molar-refractivity contribution in [1.82, 2.24) is 4.72 Å². The number of nitrogens with one attached hydrogen (secondary N) is 1. The van der Waals surface area contributed by atoms with Crippen molar-refractivity contribution in [2.75, 3.05) is 11.4 Å². The Kier molecular flexibility index (Phi) is 3.35. The molecule has 1 aliphatic heterocycles. The lowest BCUT2D eigenvalue weighted by molar-refractivity contribution is 0.590. The molecule has 0 saturated carbocycles. The molecule has 0 aromatic heterocycles. The maximum Gasteiger partial charge on any atom is 0.265 e. The Bertz CT molecular complexity index is 540. The zero-order chi connectivity index (χ0) is 12.5. The van der Waals surface area contributed by atoms with E-state index in [-0.39, 0.29) is 5.11 Å². The summed E-state index contributed by atoms with van der Waals surface area (Å²) in [5.74, 6) is 0. The van der Waals surface area contributed by atoms with E-state index < -0.39 is 10.0 Å². The fourth-order valence-electron chi connectivity index (χ4n) is 1.78. The van der Waals surface area contributed by atoms with Gasteiger partial charge in [0, 0.05) is 6.54 Å². The normalized spacial score (nSPS) is 17.5. The first-order chi connectivity index (χ1) is 8.06. The molecule has 0 aliphatic carbocycles. The summed E-state index contributed by atoms with van der Waals surface area (Å²) in [6.45, 7) is 2.82. The van der Waals surface area contributed by atoms with Crippen molar-refractivity contribution in [3.8, 4) is 0 Å². The van der Waals surface area contributed by atoms with Crippen LogP contribution in [0.3, 0.4) is 0 Å².